The molecule has 1 unspecified atom stereocenters. The highest BCUT2D eigenvalue weighted by Gasteiger charge is 2.10. The van der Waals surface area contributed by atoms with E-state index in [1.54, 1.807) is 0 Å². The summed E-state index contributed by atoms with van der Waals surface area (Å²) in [5.41, 5.74) is 1.73. The third-order valence-electron chi connectivity index (χ3n) is 3.42. The van der Waals surface area contributed by atoms with Crippen molar-refractivity contribution in [1.29, 1.82) is 0 Å². The molecule has 114 valence electrons. The van der Waals surface area contributed by atoms with Gasteiger partial charge in [-0.05, 0) is 31.1 Å². The van der Waals surface area contributed by atoms with E-state index < -0.39 is 0 Å². The molecule has 22 heavy (non-hydrogen) atoms. The number of hydrogen-bond donors (Lipinski definition) is 0. The quantitative estimate of drug-likeness (QED) is 0.352. The first-order valence-electron chi connectivity index (χ1n) is 7.42. The molecule has 0 aromatic carbocycles. The third kappa shape index (κ3) is 4.77. The first-order valence-corrected chi connectivity index (χ1v) is 7.42. The fourth-order valence-electron chi connectivity index (χ4n) is 2.11. The van der Waals surface area contributed by atoms with E-state index >= 15 is 0 Å². The van der Waals surface area contributed by atoms with Crippen LogP contribution >= 0.6 is 0 Å². The molecule has 1 aliphatic rings. The molecule has 5 nitrogen and oxygen atoms in total. The molecular weight excluding hydrogens is 274 g/mol. The Bertz CT molecular complexity index is 689. The molecule has 1 aliphatic carbocycles. The van der Waals surface area contributed by atoms with Crippen molar-refractivity contribution in [3.63, 3.8) is 0 Å². The monoisotopic (exact) mass is 295 g/mol. The van der Waals surface area contributed by atoms with Gasteiger partial charge in [-0.15, -0.1) is 15.3 Å². The van der Waals surface area contributed by atoms with E-state index in [0.29, 0.717) is 5.92 Å². The van der Waals surface area contributed by atoms with Crippen molar-refractivity contribution in [1.82, 2.24) is 4.57 Å². The zero-order valence-corrected chi connectivity index (χ0v) is 13.0. The number of rotatable bonds is 4. The van der Waals surface area contributed by atoms with Gasteiger partial charge >= 0.3 is 0 Å². The van der Waals surface area contributed by atoms with Gasteiger partial charge in [0, 0.05) is 19.2 Å². The van der Waals surface area contributed by atoms with Crippen LogP contribution in [0.4, 0.5) is 0 Å². The minimum absolute atomic E-state index is 0.391. The molecule has 0 radical (unpaired) electrons. The molecule has 0 spiro atoms. The molecule has 1 atom stereocenters. The lowest BCUT2D eigenvalue weighted by Gasteiger charge is -2.12. The van der Waals surface area contributed by atoms with Gasteiger partial charge in [0.2, 0.25) is 0 Å². The Labute approximate surface area is 130 Å². The lowest BCUT2D eigenvalue weighted by atomic mass is 9.97. The summed E-state index contributed by atoms with van der Waals surface area (Å²) in [4.78, 5) is 0. The number of nitrogens with zero attached hydrogens (tertiary/aromatic N) is 5. The van der Waals surface area contributed by atoms with Crippen LogP contribution in [0.1, 0.15) is 19.8 Å². The molecule has 0 saturated heterocycles. The maximum atomic E-state index is 4.28. The molecule has 5 heteroatoms. The smallest absolute Gasteiger partial charge is 0.160 e. The van der Waals surface area contributed by atoms with Gasteiger partial charge in [0.15, 0.2) is 11.8 Å². The standard InChI is InChI=1S/C17H21N5/c1-3-15-10-6-4-5-7-11-16(15)20-18-14-19-21-17-12-8-9-13-22(17)2/h4-9,11-15H,3,10H2,1-2H3/b6-4?,7-5?,16-11?,19-14+,20-18?,21-17+. The van der Waals surface area contributed by atoms with Crippen molar-refractivity contribution in [2.45, 2.75) is 19.8 Å². The van der Waals surface area contributed by atoms with Crippen LogP contribution in [0.15, 0.2) is 80.9 Å². The van der Waals surface area contributed by atoms with Crippen molar-refractivity contribution in [2.75, 3.05) is 0 Å². The molecule has 1 aromatic heterocycles. The normalized spacial score (nSPS) is 19.6. The summed E-state index contributed by atoms with van der Waals surface area (Å²) in [6.45, 7) is 2.16. The average molecular weight is 295 g/mol. The maximum absolute atomic E-state index is 4.28. The molecule has 0 aliphatic heterocycles. The van der Waals surface area contributed by atoms with E-state index in [1.165, 1.54) is 6.34 Å². The average Bonchev–Trinajstić information content (AvgIpc) is 2.51. The summed E-state index contributed by atoms with van der Waals surface area (Å²) in [6, 6.07) is 5.74. The Hall–Kier alpha value is -2.56. The van der Waals surface area contributed by atoms with Gasteiger partial charge in [-0.3, -0.25) is 0 Å². The van der Waals surface area contributed by atoms with Crippen LogP contribution in [0.3, 0.4) is 0 Å². The summed E-state index contributed by atoms with van der Waals surface area (Å²) >= 11 is 0. The van der Waals surface area contributed by atoms with Crippen LogP contribution in [0.2, 0.25) is 0 Å². The molecule has 0 bridgehead atoms. The zero-order chi connectivity index (χ0) is 15.6. The van der Waals surface area contributed by atoms with E-state index in [1.807, 2.05) is 54.2 Å². The topological polar surface area (TPSA) is 54.4 Å². The predicted molar refractivity (Wildman–Crippen MR) is 89.1 cm³/mol. The number of pyridine rings is 1. The van der Waals surface area contributed by atoms with Crippen LogP contribution in [-0.2, 0) is 7.05 Å². The van der Waals surface area contributed by atoms with Crippen molar-refractivity contribution in [3.05, 3.63) is 66.0 Å². The van der Waals surface area contributed by atoms with E-state index in [0.717, 1.165) is 24.0 Å². The molecule has 0 N–H and O–H groups in total. The summed E-state index contributed by atoms with van der Waals surface area (Å²) in [7, 11) is 1.92. The van der Waals surface area contributed by atoms with Crippen molar-refractivity contribution in [2.24, 2.45) is 33.4 Å². The first kappa shape index (κ1) is 15.8. The van der Waals surface area contributed by atoms with Gasteiger partial charge in [0.1, 0.15) is 0 Å². The number of aromatic nitrogens is 1. The summed E-state index contributed by atoms with van der Waals surface area (Å²) in [5.74, 6) is 0.391. The summed E-state index contributed by atoms with van der Waals surface area (Å²) in [6.07, 6.45) is 15.5. The van der Waals surface area contributed by atoms with Crippen LogP contribution in [0.25, 0.3) is 0 Å². The van der Waals surface area contributed by atoms with Gasteiger partial charge in [-0.2, -0.15) is 5.11 Å². The van der Waals surface area contributed by atoms with Gasteiger partial charge in [0.25, 0.3) is 0 Å². The molecule has 1 aromatic rings. The minimum Gasteiger partial charge on any atom is -0.335 e. The number of allylic oxidation sites excluding steroid dienone is 6. The van der Waals surface area contributed by atoms with Gasteiger partial charge in [0.05, 0.1) is 5.70 Å². The fourth-order valence-corrected chi connectivity index (χ4v) is 2.11. The molecular formula is C17H21N5. The second-order valence-electron chi connectivity index (χ2n) is 4.96. The Morgan fingerprint density at radius 1 is 1.27 bits per heavy atom. The lowest BCUT2D eigenvalue weighted by Crippen LogP contribution is -2.14. The SMILES string of the molecule is CCC1CC=CC=CC=C1N=N/C=N/N=c1\ccccn1C. The van der Waals surface area contributed by atoms with Crippen molar-refractivity contribution < 1.29 is 0 Å². The lowest BCUT2D eigenvalue weighted by molar-refractivity contribution is 0.588. The number of aryl methyl sites for hydroxylation is 1. The van der Waals surface area contributed by atoms with Crippen LogP contribution in [0.5, 0.6) is 0 Å². The Kier molecular flexibility index (Phi) is 6.23. The number of azo groups is 1. The van der Waals surface area contributed by atoms with Gasteiger partial charge < -0.3 is 4.57 Å². The third-order valence-corrected chi connectivity index (χ3v) is 3.42. The highest BCUT2D eigenvalue weighted by Crippen LogP contribution is 2.22. The highest BCUT2D eigenvalue weighted by molar-refractivity contribution is 5.54. The maximum Gasteiger partial charge on any atom is 0.160 e. The molecule has 0 fully saturated rings. The second-order valence-corrected chi connectivity index (χ2v) is 4.96. The Morgan fingerprint density at radius 3 is 3.00 bits per heavy atom. The van der Waals surface area contributed by atoms with Gasteiger partial charge in [-0.1, -0.05) is 37.3 Å². The number of hydrogen-bond acceptors (Lipinski definition) is 3. The molecule has 1 heterocycles. The molecule has 0 amide bonds. The Balaban J connectivity index is 2.06. The van der Waals surface area contributed by atoms with Crippen LogP contribution in [-0.4, -0.2) is 10.9 Å². The van der Waals surface area contributed by atoms with Crippen LogP contribution < -0.4 is 5.49 Å². The van der Waals surface area contributed by atoms with Crippen molar-refractivity contribution >= 4 is 6.34 Å². The zero-order valence-electron chi connectivity index (χ0n) is 13.0. The van der Waals surface area contributed by atoms with E-state index in [2.05, 4.69) is 39.5 Å². The van der Waals surface area contributed by atoms with E-state index in [4.69, 9.17) is 0 Å². The minimum atomic E-state index is 0.391. The second kappa shape index (κ2) is 8.67. The molecule has 0 saturated carbocycles. The first-order chi connectivity index (χ1) is 10.8. The van der Waals surface area contributed by atoms with Gasteiger partial charge in [-0.25, -0.2) is 0 Å². The molecule has 2 rings (SSSR count). The van der Waals surface area contributed by atoms with E-state index in [-0.39, 0.29) is 0 Å². The van der Waals surface area contributed by atoms with Crippen LogP contribution in [0, 0.1) is 5.92 Å². The largest absolute Gasteiger partial charge is 0.335 e. The fraction of sp³-hybridized carbons (Fsp3) is 0.294. The Morgan fingerprint density at radius 2 is 2.18 bits per heavy atom. The predicted octanol–water partition coefficient (Wildman–Crippen LogP) is 3.75. The summed E-state index contributed by atoms with van der Waals surface area (Å²) in [5, 5.41) is 16.3. The van der Waals surface area contributed by atoms with E-state index in [9.17, 15) is 0 Å². The highest BCUT2D eigenvalue weighted by atomic mass is 15.3. The summed E-state index contributed by atoms with van der Waals surface area (Å²) < 4.78 is 1.88. The van der Waals surface area contributed by atoms with Crippen molar-refractivity contribution in [3.8, 4) is 0 Å².